The number of methoxy groups -OCH3 is 1. The third kappa shape index (κ3) is 6.37. The zero-order valence-corrected chi connectivity index (χ0v) is 24.7. The SMILES string of the molecule is COc1ccc(N(C(=O)CSc2ncn[nH]2)C2(C(=O)N[C@H](c3ccc(Cl)cc3)c3ccccc3Cl)CCCC2)cc1. The van der Waals surface area contributed by atoms with Crippen molar-refractivity contribution in [1.29, 1.82) is 0 Å². The largest absolute Gasteiger partial charge is 0.497 e. The molecule has 0 spiro atoms. The summed E-state index contributed by atoms with van der Waals surface area (Å²) in [6.07, 6.45) is 4.03. The minimum atomic E-state index is -1.11. The molecule has 1 saturated carbocycles. The van der Waals surface area contributed by atoms with Crippen LogP contribution in [0.5, 0.6) is 5.75 Å². The number of hydrogen-bond donors (Lipinski definition) is 2. The molecule has 4 aromatic rings. The molecular formula is C30H29Cl2N5O3S. The number of carbonyl (C=O) groups is 2. The maximum Gasteiger partial charge on any atom is 0.247 e. The quantitative estimate of drug-likeness (QED) is 0.200. The highest BCUT2D eigenvalue weighted by molar-refractivity contribution is 7.99. The Bertz CT molecular complexity index is 1480. The number of ether oxygens (including phenoxy) is 1. The van der Waals surface area contributed by atoms with E-state index < -0.39 is 11.6 Å². The zero-order valence-electron chi connectivity index (χ0n) is 22.3. The van der Waals surface area contributed by atoms with E-state index >= 15 is 0 Å². The molecule has 1 fully saturated rings. The second kappa shape index (κ2) is 13.0. The van der Waals surface area contributed by atoms with Crippen molar-refractivity contribution in [3.63, 3.8) is 0 Å². The van der Waals surface area contributed by atoms with Gasteiger partial charge in [0, 0.05) is 15.7 Å². The van der Waals surface area contributed by atoms with E-state index in [0.29, 0.717) is 39.5 Å². The highest BCUT2D eigenvalue weighted by Gasteiger charge is 2.49. The molecule has 11 heteroatoms. The van der Waals surface area contributed by atoms with Crippen LogP contribution in [0.3, 0.4) is 0 Å². The van der Waals surface area contributed by atoms with Crippen LogP contribution in [0.15, 0.2) is 84.3 Å². The fourth-order valence-corrected chi connectivity index (χ4v) is 6.30. The van der Waals surface area contributed by atoms with Crippen molar-refractivity contribution in [2.75, 3.05) is 17.8 Å². The lowest BCUT2D eigenvalue weighted by molar-refractivity contribution is -0.130. The molecule has 3 aromatic carbocycles. The van der Waals surface area contributed by atoms with Gasteiger partial charge in [0.05, 0.1) is 18.9 Å². The van der Waals surface area contributed by atoms with Crippen molar-refractivity contribution in [2.24, 2.45) is 0 Å². The molecular weight excluding hydrogens is 581 g/mol. The number of halogens is 2. The fourth-order valence-electron chi connectivity index (χ4n) is 5.30. The molecule has 1 atom stereocenters. The van der Waals surface area contributed by atoms with Gasteiger partial charge in [-0.05, 0) is 66.4 Å². The van der Waals surface area contributed by atoms with Crippen LogP contribution in [0.25, 0.3) is 0 Å². The van der Waals surface area contributed by atoms with E-state index in [1.165, 1.54) is 18.1 Å². The fraction of sp³-hybridized carbons (Fsp3) is 0.267. The first kappa shape index (κ1) is 29.0. The number of rotatable bonds is 10. The van der Waals surface area contributed by atoms with Crippen LogP contribution in [-0.4, -0.2) is 45.4 Å². The predicted molar refractivity (Wildman–Crippen MR) is 162 cm³/mol. The van der Waals surface area contributed by atoms with Crippen molar-refractivity contribution in [1.82, 2.24) is 20.5 Å². The average molecular weight is 611 g/mol. The van der Waals surface area contributed by atoms with Crippen LogP contribution in [0.2, 0.25) is 10.0 Å². The first-order chi connectivity index (χ1) is 19.9. The molecule has 2 amide bonds. The molecule has 0 bridgehead atoms. The van der Waals surface area contributed by atoms with Gasteiger partial charge in [0.15, 0.2) is 5.16 Å². The number of nitrogens with one attached hydrogen (secondary N) is 2. The third-order valence-electron chi connectivity index (χ3n) is 7.28. The Morgan fingerprint density at radius 1 is 1.05 bits per heavy atom. The molecule has 0 saturated heterocycles. The number of nitrogens with zero attached hydrogens (tertiary/aromatic N) is 3. The van der Waals surface area contributed by atoms with Gasteiger partial charge in [-0.25, -0.2) is 4.98 Å². The van der Waals surface area contributed by atoms with Gasteiger partial charge in [-0.3, -0.25) is 19.6 Å². The van der Waals surface area contributed by atoms with E-state index in [4.69, 9.17) is 27.9 Å². The monoisotopic (exact) mass is 609 g/mol. The molecule has 8 nitrogen and oxygen atoms in total. The van der Waals surface area contributed by atoms with Crippen molar-refractivity contribution < 1.29 is 14.3 Å². The number of amides is 2. The first-order valence-electron chi connectivity index (χ1n) is 13.2. The summed E-state index contributed by atoms with van der Waals surface area (Å²) in [7, 11) is 1.59. The molecule has 1 aromatic heterocycles. The molecule has 41 heavy (non-hydrogen) atoms. The van der Waals surface area contributed by atoms with E-state index in [1.807, 2.05) is 42.5 Å². The first-order valence-corrected chi connectivity index (χ1v) is 14.9. The normalized spacial score (nSPS) is 14.8. The van der Waals surface area contributed by atoms with E-state index in [0.717, 1.165) is 24.0 Å². The second-order valence-electron chi connectivity index (χ2n) is 9.72. The van der Waals surface area contributed by atoms with E-state index in [2.05, 4.69) is 20.5 Å². The van der Waals surface area contributed by atoms with Gasteiger partial charge in [-0.2, -0.15) is 5.10 Å². The van der Waals surface area contributed by atoms with Gasteiger partial charge in [0.25, 0.3) is 0 Å². The number of aromatic amines is 1. The maximum absolute atomic E-state index is 14.5. The molecule has 212 valence electrons. The highest BCUT2D eigenvalue weighted by Crippen LogP contribution is 2.41. The molecule has 1 heterocycles. The highest BCUT2D eigenvalue weighted by atomic mass is 35.5. The Balaban J connectivity index is 1.53. The van der Waals surface area contributed by atoms with Gasteiger partial charge in [-0.1, -0.05) is 78.1 Å². The summed E-state index contributed by atoms with van der Waals surface area (Å²) in [6, 6.07) is 21.4. The molecule has 1 aliphatic rings. The van der Waals surface area contributed by atoms with Crippen molar-refractivity contribution in [3.05, 3.63) is 100 Å². The van der Waals surface area contributed by atoms with E-state index in [-0.39, 0.29) is 17.6 Å². The van der Waals surface area contributed by atoms with Crippen LogP contribution in [0.1, 0.15) is 42.9 Å². The predicted octanol–water partition coefficient (Wildman–Crippen LogP) is 6.46. The topological polar surface area (TPSA) is 100 Å². The summed E-state index contributed by atoms with van der Waals surface area (Å²) in [5.41, 5.74) is 1.08. The Hall–Kier alpha value is -3.53. The third-order valence-corrected chi connectivity index (χ3v) is 8.74. The second-order valence-corrected chi connectivity index (χ2v) is 11.5. The summed E-state index contributed by atoms with van der Waals surface area (Å²) in [6.45, 7) is 0. The van der Waals surface area contributed by atoms with Gasteiger partial charge >= 0.3 is 0 Å². The van der Waals surface area contributed by atoms with E-state index in [1.54, 1.807) is 42.3 Å². The van der Waals surface area contributed by atoms with Crippen molar-refractivity contribution in [3.8, 4) is 5.75 Å². The van der Waals surface area contributed by atoms with Crippen LogP contribution in [0.4, 0.5) is 5.69 Å². The van der Waals surface area contributed by atoms with Crippen LogP contribution in [0, 0.1) is 0 Å². The lowest BCUT2D eigenvalue weighted by atomic mass is 9.90. The maximum atomic E-state index is 14.5. The van der Waals surface area contributed by atoms with Gasteiger partial charge in [-0.15, -0.1) is 0 Å². The standard InChI is InChI=1S/C30H29Cl2N5O3S/c1-40-23-14-12-22(13-15-23)37(26(38)18-41-29-33-19-34-36-29)30(16-4-5-17-30)28(39)35-27(20-8-10-21(31)11-9-20)24-6-2-3-7-25(24)32/h2-3,6-15,19,27H,4-5,16-18H2,1H3,(H,35,39)(H,33,34,36)/t27-/m1/s1. The van der Waals surface area contributed by atoms with E-state index in [9.17, 15) is 9.59 Å². The van der Waals surface area contributed by atoms with Crippen LogP contribution in [-0.2, 0) is 9.59 Å². The molecule has 0 aliphatic heterocycles. The lowest BCUT2D eigenvalue weighted by Gasteiger charge is -2.41. The summed E-state index contributed by atoms with van der Waals surface area (Å²) in [5, 5.41) is 11.6. The average Bonchev–Trinajstić information content (AvgIpc) is 3.70. The number of H-pyrrole nitrogens is 1. The zero-order chi connectivity index (χ0) is 28.8. The number of hydrogen-bond acceptors (Lipinski definition) is 6. The Morgan fingerprint density at radius 2 is 1.76 bits per heavy atom. The van der Waals surface area contributed by atoms with Gasteiger partial charge in [0.1, 0.15) is 17.6 Å². The summed E-state index contributed by atoms with van der Waals surface area (Å²) >= 11 is 14.1. The molecule has 1 aliphatic carbocycles. The summed E-state index contributed by atoms with van der Waals surface area (Å²) < 4.78 is 5.35. The smallest absolute Gasteiger partial charge is 0.247 e. The number of anilines is 1. The Morgan fingerprint density at radius 3 is 2.39 bits per heavy atom. The minimum absolute atomic E-state index is 0.0708. The number of carbonyl (C=O) groups excluding carboxylic acids is 2. The molecule has 0 unspecified atom stereocenters. The van der Waals surface area contributed by atoms with Gasteiger partial charge in [0.2, 0.25) is 11.8 Å². The van der Waals surface area contributed by atoms with Crippen LogP contribution < -0.4 is 15.0 Å². The number of benzene rings is 3. The number of aromatic nitrogens is 3. The van der Waals surface area contributed by atoms with Gasteiger partial charge < -0.3 is 10.1 Å². The Labute approximate surface area is 252 Å². The van der Waals surface area contributed by atoms with Crippen molar-refractivity contribution in [2.45, 2.75) is 42.4 Å². The number of thioether (sulfide) groups is 1. The minimum Gasteiger partial charge on any atom is -0.497 e. The lowest BCUT2D eigenvalue weighted by Crippen LogP contribution is -2.60. The molecule has 0 radical (unpaired) electrons. The summed E-state index contributed by atoms with van der Waals surface area (Å²) in [4.78, 5) is 34.3. The Kier molecular flexibility index (Phi) is 9.17. The molecule has 5 rings (SSSR count). The van der Waals surface area contributed by atoms with Crippen molar-refractivity contribution >= 4 is 52.5 Å². The summed E-state index contributed by atoms with van der Waals surface area (Å²) in [5.74, 6) is 0.267. The van der Waals surface area contributed by atoms with Crippen LogP contribution >= 0.6 is 35.0 Å². The molecule has 2 N–H and O–H groups in total.